The number of aromatic nitrogens is 6. The monoisotopic (exact) mass is 626 g/mol. The van der Waals surface area contributed by atoms with Crippen molar-refractivity contribution in [2.75, 3.05) is 61.0 Å². The molecule has 45 heavy (non-hydrogen) atoms. The van der Waals surface area contributed by atoms with Crippen molar-refractivity contribution >= 4 is 17.0 Å². The summed E-state index contributed by atoms with van der Waals surface area (Å²) in [5.41, 5.74) is 2.36. The molecule has 3 saturated heterocycles. The van der Waals surface area contributed by atoms with Crippen LogP contribution in [0, 0.1) is 0 Å². The summed E-state index contributed by atoms with van der Waals surface area (Å²) >= 11 is 0. The van der Waals surface area contributed by atoms with Gasteiger partial charge < -0.3 is 33.5 Å². The molecule has 0 unspecified atom stereocenters. The van der Waals surface area contributed by atoms with E-state index >= 15 is 0 Å². The Hall–Kier alpha value is -3.85. The Morgan fingerprint density at radius 1 is 0.778 bits per heavy atom. The minimum absolute atomic E-state index is 0.113. The molecule has 0 saturated carbocycles. The number of hydrogen-bond acceptors (Lipinski definition) is 12. The van der Waals surface area contributed by atoms with Crippen LogP contribution in [-0.2, 0) is 25.6 Å². The molecule has 3 aliphatic rings. The minimum atomic E-state index is -0.498. The number of fused-ring (bicyclic) bond motifs is 2. The van der Waals surface area contributed by atoms with Gasteiger partial charge in [-0.25, -0.2) is 24.7 Å². The van der Waals surface area contributed by atoms with E-state index in [0.717, 1.165) is 88.0 Å². The maximum absolute atomic E-state index is 11.7. The topological polar surface area (TPSA) is 153 Å². The van der Waals surface area contributed by atoms with Crippen LogP contribution in [0.1, 0.15) is 78.2 Å². The van der Waals surface area contributed by atoms with Crippen LogP contribution in [0.5, 0.6) is 11.8 Å². The molecule has 7 heterocycles. The highest BCUT2D eigenvalue weighted by atomic mass is 16.5. The Balaban J connectivity index is 0.000000154. The molecule has 0 atom stereocenters. The lowest BCUT2D eigenvalue weighted by Gasteiger charge is -2.21. The van der Waals surface area contributed by atoms with E-state index in [2.05, 4.69) is 19.9 Å². The average Bonchev–Trinajstić information content (AvgIpc) is 3.90. The Morgan fingerprint density at radius 3 is 1.71 bits per heavy atom. The normalized spacial score (nSPS) is 17.3. The lowest BCUT2D eigenvalue weighted by Crippen LogP contribution is -2.17. The van der Waals surface area contributed by atoms with E-state index in [0.29, 0.717) is 29.3 Å². The first kappa shape index (κ1) is 32.5. The second-order valence-corrected chi connectivity index (χ2v) is 10.9. The van der Waals surface area contributed by atoms with Crippen LogP contribution in [0.3, 0.4) is 0 Å². The SMILES string of the molecule is C1CCOC1.COC(=O)c1cn2c(C3CCOCC3)ncc2c(OC)n1.COc1nc(CO)cn2c(C3CCOCC3)ncc12. The molecule has 3 fully saturated rings. The number of rotatable bonds is 6. The molecule has 4 aromatic heterocycles. The Morgan fingerprint density at radius 2 is 1.27 bits per heavy atom. The molecule has 244 valence electrons. The third-order valence-electron chi connectivity index (χ3n) is 8.03. The second-order valence-electron chi connectivity index (χ2n) is 10.9. The van der Waals surface area contributed by atoms with Crippen LogP contribution in [0.15, 0.2) is 24.8 Å². The fourth-order valence-corrected chi connectivity index (χ4v) is 5.63. The van der Waals surface area contributed by atoms with Crippen LogP contribution in [-0.4, -0.2) is 101 Å². The van der Waals surface area contributed by atoms with E-state index in [4.69, 9.17) is 28.4 Å². The first-order valence-electron chi connectivity index (χ1n) is 15.3. The molecule has 14 heteroatoms. The number of carbonyl (C=O) groups is 1. The highest BCUT2D eigenvalue weighted by molar-refractivity contribution is 5.87. The number of carbonyl (C=O) groups excluding carboxylic acids is 1. The van der Waals surface area contributed by atoms with Crippen molar-refractivity contribution in [3.63, 3.8) is 0 Å². The minimum Gasteiger partial charge on any atom is -0.479 e. The largest absolute Gasteiger partial charge is 0.479 e. The molecule has 0 radical (unpaired) electrons. The van der Waals surface area contributed by atoms with Crippen LogP contribution in [0.4, 0.5) is 0 Å². The van der Waals surface area contributed by atoms with Crippen molar-refractivity contribution in [2.45, 2.75) is 57.0 Å². The van der Waals surface area contributed by atoms with Gasteiger partial charge in [-0.05, 0) is 38.5 Å². The Kier molecular flexibility index (Phi) is 11.5. The van der Waals surface area contributed by atoms with Crippen molar-refractivity contribution in [1.82, 2.24) is 28.7 Å². The number of nitrogens with zero attached hydrogens (tertiary/aromatic N) is 6. The molecule has 7 rings (SSSR count). The maximum Gasteiger partial charge on any atom is 0.358 e. The van der Waals surface area contributed by atoms with Gasteiger partial charge in [0.2, 0.25) is 11.8 Å². The third-order valence-corrected chi connectivity index (χ3v) is 8.03. The number of imidazole rings is 2. The molecule has 3 aliphatic heterocycles. The zero-order valence-corrected chi connectivity index (χ0v) is 26.1. The number of esters is 1. The fourth-order valence-electron chi connectivity index (χ4n) is 5.63. The van der Waals surface area contributed by atoms with Gasteiger partial charge in [-0.1, -0.05) is 0 Å². The van der Waals surface area contributed by atoms with Gasteiger partial charge in [-0.15, -0.1) is 0 Å². The predicted molar refractivity (Wildman–Crippen MR) is 162 cm³/mol. The molecule has 0 aliphatic carbocycles. The summed E-state index contributed by atoms with van der Waals surface area (Å²) in [6, 6.07) is 0. The summed E-state index contributed by atoms with van der Waals surface area (Å²) < 4.78 is 34.8. The van der Waals surface area contributed by atoms with Crippen LogP contribution in [0.25, 0.3) is 11.0 Å². The van der Waals surface area contributed by atoms with Crippen molar-refractivity contribution in [3.8, 4) is 11.8 Å². The number of aliphatic hydroxyl groups is 1. The quantitative estimate of drug-likeness (QED) is 0.312. The summed E-state index contributed by atoms with van der Waals surface area (Å²) in [6.07, 6.45) is 13.3. The molecule has 4 aromatic rings. The van der Waals surface area contributed by atoms with E-state index in [9.17, 15) is 9.90 Å². The van der Waals surface area contributed by atoms with Crippen molar-refractivity contribution in [1.29, 1.82) is 0 Å². The molecule has 0 aromatic carbocycles. The van der Waals surface area contributed by atoms with Crippen LogP contribution < -0.4 is 9.47 Å². The summed E-state index contributed by atoms with van der Waals surface area (Å²) in [5.74, 6) is 2.95. The summed E-state index contributed by atoms with van der Waals surface area (Å²) in [4.78, 5) is 29.1. The zero-order chi connectivity index (χ0) is 31.6. The standard InChI is InChI=1S/C14H17N3O4.C13H17N3O3.C4H8O/c1-19-13-11-7-15-12(9-3-5-21-6-4-9)17(11)8-10(16-13)14(18)20-2;1-18-13-11-6-14-12(9-2-4-19-5-3-9)16(11)7-10(8-17)15-13;1-2-4-5-3-1/h7-9H,3-6H2,1-2H3;6-7,9,17H,2-5,8H2,1H3;1-4H2. The summed E-state index contributed by atoms with van der Waals surface area (Å²) in [6.45, 7) is 4.89. The van der Waals surface area contributed by atoms with E-state index in [1.54, 1.807) is 25.7 Å². The number of ether oxygens (including phenoxy) is 6. The van der Waals surface area contributed by atoms with E-state index in [1.807, 2.05) is 15.0 Å². The molecule has 1 N–H and O–H groups in total. The second kappa shape index (κ2) is 15.9. The smallest absolute Gasteiger partial charge is 0.358 e. The van der Waals surface area contributed by atoms with Gasteiger partial charge in [-0.2, -0.15) is 0 Å². The highest BCUT2D eigenvalue weighted by Crippen LogP contribution is 2.30. The van der Waals surface area contributed by atoms with Gasteiger partial charge in [-0.3, -0.25) is 8.80 Å². The van der Waals surface area contributed by atoms with Gasteiger partial charge in [0.15, 0.2) is 5.69 Å². The van der Waals surface area contributed by atoms with Crippen molar-refractivity contribution in [3.05, 3.63) is 47.8 Å². The molecule has 0 amide bonds. The highest BCUT2D eigenvalue weighted by Gasteiger charge is 2.24. The predicted octanol–water partition coefficient (Wildman–Crippen LogP) is 3.34. The van der Waals surface area contributed by atoms with Crippen molar-refractivity contribution < 1.29 is 38.3 Å². The van der Waals surface area contributed by atoms with Crippen molar-refractivity contribution in [2.24, 2.45) is 0 Å². The van der Waals surface area contributed by atoms with Gasteiger partial charge in [0, 0.05) is 63.9 Å². The van der Waals surface area contributed by atoms with Crippen LogP contribution >= 0.6 is 0 Å². The molecular formula is C31H42N6O8. The Labute approximate surface area is 261 Å². The summed E-state index contributed by atoms with van der Waals surface area (Å²) in [5, 5.41) is 9.28. The number of aliphatic hydroxyl groups excluding tert-OH is 1. The maximum atomic E-state index is 11.7. The lowest BCUT2D eigenvalue weighted by molar-refractivity contribution is 0.0592. The van der Waals surface area contributed by atoms with Gasteiger partial charge in [0.1, 0.15) is 22.7 Å². The first-order valence-corrected chi connectivity index (χ1v) is 15.3. The average molecular weight is 627 g/mol. The van der Waals surface area contributed by atoms with Gasteiger partial charge in [0.05, 0.1) is 46.0 Å². The van der Waals surface area contributed by atoms with Crippen LogP contribution in [0.2, 0.25) is 0 Å². The zero-order valence-electron chi connectivity index (χ0n) is 26.1. The van der Waals surface area contributed by atoms with Gasteiger partial charge >= 0.3 is 5.97 Å². The van der Waals surface area contributed by atoms with E-state index in [-0.39, 0.29) is 12.3 Å². The number of methoxy groups -OCH3 is 3. The Bertz CT molecular complexity index is 1530. The molecular weight excluding hydrogens is 584 g/mol. The third kappa shape index (κ3) is 7.69. The summed E-state index contributed by atoms with van der Waals surface area (Å²) in [7, 11) is 4.42. The van der Waals surface area contributed by atoms with E-state index in [1.165, 1.54) is 27.1 Å². The fraction of sp³-hybridized carbons (Fsp3) is 0.581. The lowest BCUT2D eigenvalue weighted by atomic mass is 10.00. The molecule has 0 bridgehead atoms. The molecule has 14 nitrogen and oxygen atoms in total. The number of hydrogen-bond donors (Lipinski definition) is 1. The molecule has 0 spiro atoms. The first-order chi connectivity index (χ1) is 22.1. The van der Waals surface area contributed by atoms with E-state index < -0.39 is 5.97 Å². The van der Waals surface area contributed by atoms with Gasteiger partial charge in [0.25, 0.3) is 0 Å².